The van der Waals surface area contributed by atoms with Crippen molar-refractivity contribution >= 4 is 5.91 Å². The maximum atomic E-state index is 12.5. The van der Waals surface area contributed by atoms with Crippen LogP contribution in [0.5, 0.6) is 0 Å². The minimum absolute atomic E-state index is 0.102. The van der Waals surface area contributed by atoms with Crippen LogP contribution in [0.2, 0.25) is 0 Å². The molecule has 0 aromatic carbocycles. The van der Waals surface area contributed by atoms with Gasteiger partial charge in [-0.3, -0.25) is 4.79 Å². The molecule has 1 amide bonds. The van der Waals surface area contributed by atoms with Gasteiger partial charge in [-0.2, -0.15) is 0 Å². The van der Waals surface area contributed by atoms with Crippen LogP contribution in [0.1, 0.15) is 33.1 Å². The minimum atomic E-state index is 0.102. The molecule has 2 aliphatic heterocycles. The largest absolute Gasteiger partial charge is 0.381 e. The molecule has 2 saturated heterocycles. The van der Waals surface area contributed by atoms with E-state index in [1.54, 1.807) is 0 Å². The average molecular weight is 254 g/mol. The van der Waals surface area contributed by atoms with Gasteiger partial charge < -0.3 is 15.0 Å². The van der Waals surface area contributed by atoms with Crippen LogP contribution in [-0.4, -0.2) is 49.7 Å². The van der Waals surface area contributed by atoms with Gasteiger partial charge in [0.15, 0.2) is 0 Å². The molecule has 0 radical (unpaired) electrons. The Bertz CT molecular complexity index is 269. The van der Waals surface area contributed by atoms with Gasteiger partial charge in [0.25, 0.3) is 0 Å². The number of carbonyl (C=O) groups excluding carboxylic acids is 1. The van der Waals surface area contributed by atoms with E-state index in [4.69, 9.17) is 4.74 Å². The lowest BCUT2D eigenvalue weighted by Crippen LogP contribution is -2.45. The summed E-state index contributed by atoms with van der Waals surface area (Å²) in [6.45, 7) is 8.54. The van der Waals surface area contributed by atoms with Gasteiger partial charge in [0.1, 0.15) is 0 Å². The zero-order chi connectivity index (χ0) is 13.0. The molecule has 0 bridgehead atoms. The molecule has 1 N–H and O–H groups in total. The van der Waals surface area contributed by atoms with Crippen molar-refractivity contribution in [3.63, 3.8) is 0 Å². The van der Waals surface area contributed by atoms with Crippen LogP contribution >= 0.6 is 0 Å². The Morgan fingerprint density at radius 3 is 2.83 bits per heavy atom. The first kappa shape index (κ1) is 13.8. The van der Waals surface area contributed by atoms with E-state index in [-0.39, 0.29) is 5.92 Å². The summed E-state index contributed by atoms with van der Waals surface area (Å²) in [5.74, 6) is 0.928. The fourth-order valence-corrected chi connectivity index (χ4v) is 2.86. The lowest BCUT2D eigenvalue weighted by atomic mass is 10.1. The minimum Gasteiger partial charge on any atom is -0.381 e. The second-order valence-corrected chi connectivity index (χ2v) is 5.99. The number of carbonyl (C=O) groups is 1. The summed E-state index contributed by atoms with van der Waals surface area (Å²) in [6, 6.07) is 0.495. The smallest absolute Gasteiger partial charge is 0.228 e. The Labute approximate surface area is 110 Å². The standard InChI is InChI=1S/C14H26N2O2/c1-11(2)8-16(9-13-4-3-6-15-13)14(17)12-5-7-18-10-12/h11-13,15H,3-10H2,1-2H3. The van der Waals surface area contributed by atoms with Gasteiger partial charge in [-0.15, -0.1) is 0 Å². The number of amides is 1. The third kappa shape index (κ3) is 3.69. The van der Waals surface area contributed by atoms with Gasteiger partial charge in [-0.05, 0) is 31.7 Å². The van der Waals surface area contributed by atoms with Crippen molar-refractivity contribution in [2.45, 2.75) is 39.2 Å². The van der Waals surface area contributed by atoms with E-state index in [0.717, 1.165) is 32.7 Å². The number of hydrogen-bond acceptors (Lipinski definition) is 3. The van der Waals surface area contributed by atoms with E-state index in [1.165, 1.54) is 12.8 Å². The van der Waals surface area contributed by atoms with Crippen molar-refractivity contribution in [2.24, 2.45) is 11.8 Å². The number of ether oxygens (including phenoxy) is 1. The summed E-state index contributed by atoms with van der Waals surface area (Å²) >= 11 is 0. The fourth-order valence-electron chi connectivity index (χ4n) is 2.86. The molecule has 4 heteroatoms. The summed E-state index contributed by atoms with van der Waals surface area (Å²) in [5.41, 5.74) is 0. The maximum Gasteiger partial charge on any atom is 0.228 e. The molecule has 2 heterocycles. The molecular weight excluding hydrogens is 228 g/mol. The third-order valence-corrected chi connectivity index (χ3v) is 3.78. The molecule has 2 unspecified atom stereocenters. The summed E-state index contributed by atoms with van der Waals surface area (Å²) in [6.07, 6.45) is 3.33. The molecule has 4 nitrogen and oxygen atoms in total. The molecule has 0 aromatic rings. The Hall–Kier alpha value is -0.610. The molecule has 2 aliphatic rings. The summed E-state index contributed by atoms with van der Waals surface area (Å²) < 4.78 is 5.34. The molecule has 104 valence electrons. The van der Waals surface area contributed by atoms with E-state index in [9.17, 15) is 4.79 Å². The molecule has 2 fully saturated rings. The number of rotatable bonds is 5. The predicted molar refractivity (Wildman–Crippen MR) is 71.4 cm³/mol. The SMILES string of the molecule is CC(C)CN(CC1CCCN1)C(=O)C1CCOC1. The van der Waals surface area contributed by atoms with Crippen LogP contribution in [0, 0.1) is 11.8 Å². The lowest BCUT2D eigenvalue weighted by molar-refractivity contribution is -0.136. The van der Waals surface area contributed by atoms with Crippen LogP contribution in [0.3, 0.4) is 0 Å². The van der Waals surface area contributed by atoms with Crippen LogP contribution in [-0.2, 0) is 9.53 Å². The zero-order valence-electron chi connectivity index (χ0n) is 11.7. The Balaban J connectivity index is 1.91. The van der Waals surface area contributed by atoms with Crippen molar-refractivity contribution in [3.8, 4) is 0 Å². The van der Waals surface area contributed by atoms with Crippen LogP contribution in [0.15, 0.2) is 0 Å². The van der Waals surface area contributed by atoms with Crippen LogP contribution < -0.4 is 5.32 Å². The first-order valence-electron chi connectivity index (χ1n) is 7.26. The van der Waals surface area contributed by atoms with Crippen LogP contribution in [0.25, 0.3) is 0 Å². The monoisotopic (exact) mass is 254 g/mol. The number of nitrogens with zero attached hydrogens (tertiary/aromatic N) is 1. The first-order valence-corrected chi connectivity index (χ1v) is 7.26. The maximum absolute atomic E-state index is 12.5. The first-order chi connectivity index (χ1) is 8.66. The molecule has 0 aliphatic carbocycles. The van der Waals surface area contributed by atoms with Gasteiger partial charge in [0.2, 0.25) is 5.91 Å². The van der Waals surface area contributed by atoms with E-state index in [0.29, 0.717) is 24.5 Å². The van der Waals surface area contributed by atoms with Crippen molar-refractivity contribution in [3.05, 3.63) is 0 Å². The topological polar surface area (TPSA) is 41.6 Å². The van der Waals surface area contributed by atoms with E-state index in [1.807, 2.05) is 0 Å². The van der Waals surface area contributed by atoms with Gasteiger partial charge in [-0.25, -0.2) is 0 Å². The van der Waals surface area contributed by atoms with E-state index >= 15 is 0 Å². The zero-order valence-corrected chi connectivity index (χ0v) is 11.7. The van der Waals surface area contributed by atoms with Crippen molar-refractivity contribution < 1.29 is 9.53 Å². The Morgan fingerprint density at radius 1 is 1.44 bits per heavy atom. The highest BCUT2D eigenvalue weighted by Crippen LogP contribution is 2.18. The fraction of sp³-hybridized carbons (Fsp3) is 0.929. The van der Waals surface area contributed by atoms with E-state index < -0.39 is 0 Å². The van der Waals surface area contributed by atoms with Gasteiger partial charge in [-0.1, -0.05) is 13.8 Å². The van der Waals surface area contributed by atoms with E-state index in [2.05, 4.69) is 24.1 Å². The number of nitrogens with one attached hydrogen (secondary N) is 1. The van der Waals surface area contributed by atoms with Crippen molar-refractivity contribution in [1.82, 2.24) is 10.2 Å². The molecule has 18 heavy (non-hydrogen) atoms. The summed E-state index contributed by atoms with van der Waals surface area (Å²) in [7, 11) is 0. The van der Waals surface area contributed by atoms with Crippen molar-refractivity contribution in [2.75, 3.05) is 32.8 Å². The predicted octanol–water partition coefficient (Wildman–Crippen LogP) is 1.26. The summed E-state index contributed by atoms with van der Waals surface area (Å²) in [4.78, 5) is 14.5. The third-order valence-electron chi connectivity index (χ3n) is 3.78. The van der Waals surface area contributed by atoms with Gasteiger partial charge >= 0.3 is 0 Å². The normalized spacial score (nSPS) is 27.9. The molecule has 0 saturated carbocycles. The van der Waals surface area contributed by atoms with Crippen molar-refractivity contribution in [1.29, 1.82) is 0 Å². The summed E-state index contributed by atoms with van der Waals surface area (Å²) in [5, 5.41) is 3.48. The van der Waals surface area contributed by atoms with Gasteiger partial charge in [0.05, 0.1) is 12.5 Å². The highest BCUT2D eigenvalue weighted by molar-refractivity contribution is 5.79. The second-order valence-electron chi connectivity index (χ2n) is 5.99. The molecule has 2 atom stereocenters. The molecule has 0 aromatic heterocycles. The number of hydrogen-bond donors (Lipinski definition) is 1. The molecule has 0 spiro atoms. The molecule has 2 rings (SSSR count). The molecular formula is C14H26N2O2. The highest BCUT2D eigenvalue weighted by Gasteiger charge is 2.30. The Morgan fingerprint density at radius 2 is 2.28 bits per heavy atom. The highest BCUT2D eigenvalue weighted by atomic mass is 16.5. The second kappa shape index (κ2) is 6.53. The lowest BCUT2D eigenvalue weighted by Gasteiger charge is -2.29. The van der Waals surface area contributed by atoms with Crippen LogP contribution in [0.4, 0.5) is 0 Å². The average Bonchev–Trinajstić information content (AvgIpc) is 2.99. The quantitative estimate of drug-likeness (QED) is 0.803. The Kier molecular flexibility index (Phi) is 5.01. The van der Waals surface area contributed by atoms with Gasteiger partial charge in [0, 0.05) is 25.7 Å².